The number of rotatable bonds is 5. The summed E-state index contributed by atoms with van der Waals surface area (Å²) < 4.78 is 23.6. The molecule has 148 valence electrons. The molecule has 1 N–H and O–H groups in total. The molecule has 1 aromatic carbocycles. The second kappa shape index (κ2) is 10.5. The molecule has 0 amide bonds. The van der Waals surface area contributed by atoms with E-state index in [4.69, 9.17) is 9.26 Å². The summed E-state index contributed by atoms with van der Waals surface area (Å²) in [6, 6.07) is 6.96. The predicted molar refractivity (Wildman–Crippen MR) is 112 cm³/mol. The minimum atomic E-state index is -0.318. The molecule has 1 aliphatic heterocycles. The van der Waals surface area contributed by atoms with Crippen LogP contribution in [0.4, 0.5) is 4.39 Å². The lowest BCUT2D eigenvalue weighted by atomic mass is 10.2. The lowest BCUT2D eigenvalue weighted by molar-refractivity contribution is 0.172. The van der Waals surface area contributed by atoms with E-state index in [-0.39, 0.29) is 35.5 Å². The Bertz CT molecular complexity index is 733. The van der Waals surface area contributed by atoms with E-state index in [0.717, 1.165) is 49.9 Å². The first-order chi connectivity index (χ1) is 12.7. The maximum Gasteiger partial charge on any atom is 0.194 e. The van der Waals surface area contributed by atoms with Crippen molar-refractivity contribution in [2.75, 3.05) is 40.3 Å². The van der Waals surface area contributed by atoms with E-state index < -0.39 is 0 Å². The van der Waals surface area contributed by atoms with Gasteiger partial charge in [-0.25, -0.2) is 4.39 Å². The summed E-state index contributed by atoms with van der Waals surface area (Å²) in [5, 5.41) is 7.18. The molecule has 0 radical (unpaired) electrons. The number of hydrogen-bond donors (Lipinski definition) is 1. The van der Waals surface area contributed by atoms with Crippen LogP contribution in [0.5, 0.6) is 5.75 Å². The fourth-order valence-electron chi connectivity index (χ4n) is 3.01. The average Bonchev–Trinajstić information content (AvgIpc) is 3.17. The summed E-state index contributed by atoms with van der Waals surface area (Å²) in [5.74, 6) is 0.810. The third-order valence-electron chi connectivity index (χ3n) is 4.42. The van der Waals surface area contributed by atoms with Crippen LogP contribution in [0.15, 0.2) is 40.0 Å². The fourth-order valence-corrected chi connectivity index (χ4v) is 3.01. The predicted octanol–water partition coefficient (Wildman–Crippen LogP) is 2.33. The van der Waals surface area contributed by atoms with Crippen molar-refractivity contribution in [3.63, 3.8) is 0 Å². The van der Waals surface area contributed by atoms with Crippen LogP contribution in [-0.2, 0) is 13.1 Å². The van der Waals surface area contributed by atoms with Crippen molar-refractivity contribution in [1.29, 1.82) is 0 Å². The van der Waals surface area contributed by atoms with Crippen LogP contribution >= 0.6 is 24.0 Å². The van der Waals surface area contributed by atoms with Crippen LogP contribution in [0, 0.1) is 5.82 Å². The lowest BCUT2D eigenvalue weighted by Crippen LogP contribution is -2.52. The Hall–Kier alpha value is -1.88. The zero-order valence-electron chi connectivity index (χ0n) is 15.5. The van der Waals surface area contributed by atoms with E-state index in [0.29, 0.717) is 6.54 Å². The van der Waals surface area contributed by atoms with Crippen LogP contribution in [0.3, 0.4) is 0 Å². The van der Waals surface area contributed by atoms with Crippen molar-refractivity contribution in [3.8, 4) is 5.75 Å². The van der Waals surface area contributed by atoms with Crippen molar-refractivity contribution in [2.24, 2.45) is 4.99 Å². The molecule has 2 heterocycles. The van der Waals surface area contributed by atoms with E-state index in [1.807, 2.05) is 12.1 Å². The molecular weight excluding hydrogens is 464 g/mol. The highest BCUT2D eigenvalue weighted by Gasteiger charge is 2.20. The van der Waals surface area contributed by atoms with Gasteiger partial charge in [-0.05, 0) is 17.7 Å². The van der Waals surface area contributed by atoms with E-state index in [1.165, 1.54) is 7.11 Å². The van der Waals surface area contributed by atoms with E-state index in [9.17, 15) is 4.39 Å². The Morgan fingerprint density at radius 3 is 2.67 bits per heavy atom. The molecule has 1 fully saturated rings. The fraction of sp³-hybridized carbons (Fsp3) is 0.444. The largest absolute Gasteiger partial charge is 0.494 e. The van der Waals surface area contributed by atoms with Gasteiger partial charge in [0.25, 0.3) is 0 Å². The number of hydrogen-bond acceptors (Lipinski definition) is 5. The Balaban J connectivity index is 0.00000261. The summed E-state index contributed by atoms with van der Waals surface area (Å²) in [4.78, 5) is 8.86. The molecule has 3 rings (SSSR count). The number of guanidine groups is 1. The summed E-state index contributed by atoms with van der Waals surface area (Å²) in [7, 11) is 3.25. The second-order valence-corrected chi connectivity index (χ2v) is 6.12. The second-order valence-electron chi connectivity index (χ2n) is 6.12. The van der Waals surface area contributed by atoms with Gasteiger partial charge in [0.05, 0.1) is 13.7 Å². The molecule has 1 aromatic heterocycles. The van der Waals surface area contributed by atoms with Gasteiger partial charge in [0.2, 0.25) is 0 Å². The Kier molecular flexibility index (Phi) is 8.29. The molecule has 2 aromatic rings. The lowest BCUT2D eigenvalue weighted by Gasteiger charge is -2.36. The zero-order valence-corrected chi connectivity index (χ0v) is 17.9. The molecule has 1 saturated heterocycles. The van der Waals surface area contributed by atoms with Crippen molar-refractivity contribution in [1.82, 2.24) is 20.3 Å². The van der Waals surface area contributed by atoms with Gasteiger partial charge in [-0.15, -0.1) is 24.0 Å². The summed E-state index contributed by atoms with van der Waals surface area (Å²) in [6.07, 6.45) is 1.56. The summed E-state index contributed by atoms with van der Waals surface area (Å²) in [5.41, 5.74) is 1.79. The third-order valence-corrected chi connectivity index (χ3v) is 4.42. The summed E-state index contributed by atoms with van der Waals surface area (Å²) >= 11 is 0. The van der Waals surface area contributed by atoms with Crippen LogP contribution in [0.1, 0.15) is 11.3 Å². The van der Waals surface area contributed by atoms with Gasteiger partial charge in [0.15, 0.2) is 17.5 Å². The highest BCUT2D eigenvalue weighted by atomic mass is 127. The Labute approximate surface area is 175 Å². The number of benzene rings is 1. The van der Waals surface area contributed by atoms with E-state index in [1.54, 1.807) is 25.4 Å². The van der Waals surface area contributed by atoms with Crippen LogP contribution in [0.2, 0.25) is 0 Å². The van der Waals surface area contributed by atoms with Crippen molar-refractivity contribution in [2.45, 2.75) is 13.1 Å². The molecule has 0 aliphatic carbocycles. The molecule has 27 heavy (non-hydrogen) atoms. The monoisotopic (exact) mass is 489 g/mol. The number of halogens is 2. The van der Waals surface area contributed by atoms with Crippen molar-refractivity contribution in [3.05, 3.63) is 47.6 Å². The number of nitrogens with one attached hydrogen (secondary N) is 1. The number of ether oxygens (including phenoxy) is 1. The molecule has 0 atom stereocenters. The first-order valence-electron chi connectivity index (χ1n) is 8.59. The van der Waals surface area contributed by atoms with E-state index >= 15 is 0 Å². The minimum Gasteiger partial charge on any atom is -0.494 e. The van der Waals surface area contributed by atoms with Gasteiger partial charge in [0, 0.05) is 45.8 Å². The van der Waals surface area contributed by atoms with Crippen molar-refractivity contribution >= 4 is 29.9 Å². The van der Waals surface area contributed by atoms with Gasteiger partial charge in [0.1, 0.15) is 12.0 Å². The van der Waals surface area contributed by atoms with E-state index in [2.05, 4.69) is 25.3 Å². The minimum absolute atomic E-state index is 0. The molecule has 0 saturated carbocycles. The Morgan fingerprint density at radius 1 is 1.30 bits per heavy atom. The SMILES string of the molecule is CN=C(NCc1ccon1)N1CCN(Cc2ccc(OC)c(F)c2)CC1.I. The van der Waals surface area contributed by atoms with Gasteiger partial charge < -0.3 is 19.5 Å². The first-order valence-corrected chi connectivity index (χ1v) is 8.59. The molecular formula is C18H25FIN5O2. The topological polar surface area (TPSA) is 66.1 Å². The average molecular weight is 489 g/mol. The van der Waals surface area contributed by atoms with Crippen molar-refractivity contribution < 1.29 is 13.7 Å². The zero-order chi connectivity index (χ0) is 18.4. The van der Waals surface area contributed by atoms with Crippen LogP contribution < -0.4 is 10.1 Å². The highest BCUT2D eigenvalue weighted by Crippen LogP contribution is 2.19. The molecule has 0 bridgehead atoms. The van der Waals surface area contributed by atoms with Crippen LogP contribution in [0.25, 0.3) is 0 Å². The van der Waals surface area contributed by atoms with Gasteiger partial charge in [-0.3, -0.25) is 9.89 Å². The molecule has 1 aliphatic rings. The van der Waals surface area contributed by atoms with Gasteiger partial charge >= 0.3 is 0 Å². The number of nitrogens with zero attached hydrogens (tertiary/aromatic N) is 4. The maximum atomic E-state index is 13.8. The maximum absolute atomic E-state index is 13.8. The number of aromatic nitrogens is 1. The highest BCUT2D eigenvalue weighted by molar-refractivity contribution is 14.0. The molecule has 7 nitrogen and oxygen atoms in total. The standard InChI is InChI=1S/C18H24FN5O2.HI/c1-20-18(21-12-15-5-10-26-22-15)24-8-6-23(7-9-24)13-14-3-4-17(25-2)16(19)11-14;/h3-5,10-11H,6-9,12-13H2,1-2H3,(H,20,21);1H. The first kappa shape index (κ1) is 21.4. The molecule has 0 spiro atoms. The van der Waals surface area contributed by atoms with Gasteiger partial charge in [-0.2, -0.15) is 0 Å². The number of aliphatic imine (C=N–C) groups is 1. The third kappa shape index (κ3) is 5.80. The Morgan fingerprint density at radius 2 is 2.07 bits per heavy atom. The number of methoxy groups -OCH3 is 1. The smallest absolute Gasteiger partial charge is 0.194 e. The van der Waals surface area contributed by atoms with Crippen LogP contribution in [-0.4, -0.2) is 61.3 Å². The molecule has 0 unspecified atom stereocenters. The normalized spacial score (nSPS) is 15.4. The quantitative estimate of drug-likeness (QED) is 0.395. The molecule has 9 heteroatoms. The summed E-state index contributed by atoms with van der Waals surface area (Å²) in [6.45, 7) is 4.79. The van der Waals surface area contributed by atoms with Gasteiger partial charge in [-0.1, -0.05) is 11.2 Å². The number of piperazine rings is 1.